The number of aliphatic hydroxyl groups excluding tert-OH is 4. The third-order valence-corrected chi connectivity index (χ3v) is 2.27. The van der Waals surface area contributed by atoms with Crippen molar-refractivity contribution < 1.29 is 82.5 Å². The molecule has 0 aliphatic carbocycles. The lowest BCUT2D eigenvalue weighted by molar-refractivity contribution is -0.253. The monoisotopic (exact) mass is 515 g/mol. The van der Waals surface area contributed by atoms with E-state index >= 15 is 0 Å². The first-order chi connectivity index (χ1) is 13.0. The lowest BCUT2D eigenvalue weighted by Crippen LogP contribution is -2.63. The van der Waals surface area contributed by atoms with E-state index in [1.165, 1.54) is 6.92 Å². The van der Waals surface area contributed by atoms with E-state index in [0.29, 0.717) is 0 Å². The number of hydrogen-bond acceptors (Lipinski definition) is 12. The Morgan fingerprint density at radius 3 is 1.33 bits per heavy atom. The Balaban J connectivity index is -0.000000400. The highest BCUT2D eigenvalue weighted by atomic mass is 32.3. The summed E-state index contributed by atoms with van der Waals surface area (Å²) >= 11 is 0. The van der Waals surface area contributed by atoms with Crippen molar-refractivity contribution >= 4 is 37.1 Å². The molecule has 0 radical (unpaired) electrons. The molecule has 1 unspecified atom stereocenters. The van der Waals surface area contributed by atoms with Gasteiger partial charge < -0.3 is 30.5 Å². The maximum Gasteiger partial charge on any atom is 0.394 e. The molecule has 0 aromatic rings. The Morgan fingerprint density at radius 2 is 1.10 bits per heavy atom. The molecule has 1 rings (SSSR count). The fraction of sp³-hybridized carbons (Fsp3) is 0.875. The molecule has 30 heavy (non-hydrogen) atoms. The van der Waals surface area contributed by atoms with Crippen molar-refractivity contribution in [2.75, 3.05) is 6.61 Å². The molecule has 1 amide bonds. The zero-order chi connectivity index (χ0) is 25.1. The average molecular weight is 515 g/mol. The zero-order valence-electron chi connectivity index (χ0n) is 14.6. The fourth-order valence-electron chi connectivity index (χ4n) is 1.49. The summed E-state index contributed by atoms with van der Waals surface area (Å²) < 4.78 is 99.6. The third-order valence-electron chi connectivity index (χ3n) is 2.27. The number of ether oxygens (including phenoxy) is 1. The molecular formula is C8H21NO18S3. The molecule has 5 atom stereocenters. The molecule has 0 saturated carbocycles. The number of rotatable bonds is 2. The molecule has 0 aromatic carbocycles. The Kier molecular flexibility index (Phi) is 15.7. The summed E-state index contributed by atoms with van der Waals surface area (Å²) in [6, 6.07) is -1.10. The topological polar surface area (TPSA) is 343 Å². The van der Waals surface area contributed by atoms with Crippen LogP contribution in [0.5, 0.6) is 0 Å². The first kappa shape index (κ1) is 33.5. The predicted octanol–water partition coefficient (Wildman–Crippen LogP) is -5.04. The number of nitrogens with one attached hydrogen (secondary N) is 1. The maximum absolute atomic E-state index is 10.7. The quantitative estimate of drug-likeness (QED) is 0.153. The van der Waals surface area contributed by atoms with Crippen LogP contribution in [0.4, 0.5) is 0 Å². The Labute approximate surface area is 169 Å². The number of hydrogen-bond donors (Lipinski definition) is 11. The summed E-state index contributed by atoms with van der Waals surface area (Å²) in [5.74, 6) is -0.462. The average Bonchev–Trinajstić information content (AvgIpc) is 2.42. The molecule has 1 fully saturated rings. The van der Waals surface area contributed by atoms with Crippen molar-refractivity contribution in [1.82, 2.24) is 5.32 Å². The highest BCUT2D eigenvalue weighted by Crippen LogP contribution is 2.19. The van der Waals surface area contributed by atoms with Crippen LogP contribution in [-0.4, -0.2) is 116 Å². The van der Waals surface area contributed by atoms with Gasteiger partial charge in [0.15, 0.2) is 6.29 Å². The van der Waals surface area contributed by atoms with Gasteiger partial charge in [0.2, 0.25) is 5.91 Å². The summed E-state index contributed by atoms with van der Waals surface area (Å²) in [6.45, 7) is 0.687. The van der Waals surface area contributed by atoms with Gasteiger partial charge in [-0.05, 0) is 0 Å². The molecular weight excluding hydrogens is 494 g/mol. The SMILES string of the molecule is CC(=O)N[C@H]1C(O)O[C@H](CO)[C@@H](O)[C@@H]1O.O=S(=O)(O)O.O=S(=O)(O)O.O=S(=O)(O)O. The molecule has 11 N–H and O–H groups in total. The number of carbonyl (C=O) groups is 1. The van der Waals surface area contributed by atoms with Crippen molar-refractivity contribution in [3.63, 3.8) is 0 Å². The molecule has 19 nitrogen and oxygen atoms in total. The Morgan fingerprint density at radius 1 is 0.800 bits per heavy atom. The van der Waals surface area contributed by atoms with Gasteiger partial charge in [0.1, 0.15) is 24.4 Å². The van der Waals surface area contributed by atoms with E-state index in [4.69, 9.17) is 62.4 Å². The number of aliphatic hydroxyl groups is 4. The highest BCUT2D eigenvalue weighted by Gasteiger charge is 2.43. The van der Waals surface area contributed by atoms with Gasteiger partial charge >= 0.3 is 31.2 Å². The van der Waals surface area contributed by atoms with Crippen LogP contribution in [0.1, 0.15) is 6.92 Å². The summed E-state index contributed by atoms with van der Waals surface area (Å²) in [4.78, 5) is 10.7. The van der Waals surface area contributed by atoms with Gasteiger partial charge in [0, 0.05) is 6.92 Å². The molecule has 1 heterocycles. The summed E-state index contributed by atoms with van der Waals surface area (Å²) in [7, 11) is -14.0. The normalized spacial score (nSPS) is 26.4. The van der Waals surface area contributed by atoms with E-state index in [1.54, 1.807) is 0 Å². The summed E-state index contributed by atoms with van der Waals surface area (Å²) in [5.41, 5.74) is 0. The smallest absolute Gasteiger partial charge is 0.394 e. The van der Waals surface area contributed by atoms with E-state index in [-0.39, 0.29) is 0 Å². The molecule has 0 aromatic heterocycles. The molecule has 0 spiro atoms. The van der Waals surface area contributed by atoms with Gasteiger partial charge in [-0.15, -0.1) is 0 Å². The lowest BCUT2D eigenvalue weighted by atomic mass is 9.97. The molecule has 1 aliphatic heterocycles. The van der Waals surface area contributed by atoms with Crippen molar-refractivity contribution in [2.45, 2.75) is 37.6 Å². The molecule has 1 aliphatic rings. The van der Waals surface area contributed by atoms with Crippen LogP contribution in [0.15, 0.2) is 0 Å². The van der Waals surface area contributed by atoms with Crippen LogP contribution in [0, 0.1) is 0 Å². The first-order valence-electron chi connectivity index (χ1n) is 6.64. The predicted molar refractivity (Wildman–Crippen MR) is 90.1 cm³/mol. The van der Waals surface area contributed by atoms with Crippen LogP contribution in [0.25, 0.3) is 0 Å². The third kappa shape index (κ3) is 29.1. The van der Waals surface area contributed by atoms with Gasteiger partial charge in [-0.1, -0.05) is 0 Å². The molecule has 22 heteroatoms. The Hall–Kier alpha value is -1.12. The zero-order valence-corrected chi connectivity index (χ0v) is 17.0. The standard InChI is InChI=1S/C8H15NO6.3H2O4S/c1-3(11)9-5-7(13)6(12)4(2-10)15-8(5)14;3*1-5(2,3)4/h4-8,10,12-14H,2H2,1H3,(H,9,11);3*(H2,1,2,3,4)/t4-,5-,6-,7-,8?;;;/m1.../s1. The van der Waals surface area contributed by atoms with Gasteiger partial charge in [-0.25, -0.2) is 0 Å². The fourth-order valence-corrected chi connectivity index (χ4v) is 1.49. The number of carbonyl (C=O) groups excluding carboxylic acids is 1. The highest BCUT2D eigenvalue weighted by molar-refractivity contribution is 7.80. The summed E-state index contributed by atoms with van der Waals surface area (Å²) in [5, 5.41) is 39.4. The van der Waals surface area contributed by atoms with E-state index < -0.39 is 74.4 Å². The minimum atomic E-state index is -4.67. The van der Waals surface area contributed by atoms with Gasteiger partial charge in [0.25, 0.3) is 0 Å². The van der Waals surface area contributed by atoms with Crippen LogP contribution in [0.3, 0.4) is 0 Å². The van der Waals surface area contributed by atoms with Crippen molar-refractivity contribution in [1.29, 1.82) is 0 Å². The second-order valence-electron chi connectivity index (χ2n) is 4.80. The van der Waals surface area contributed by atoms with Crippen molar-refractivity contribution in [3.05, 3.63) is 0 Å². The minimum absolute atomic E-state index is 0.462. The molecule has 1 saturated heterocycles. The molecule has 0 bridgehead atoms. The van der Waals surface area contributed by atoms with Gasteiger partial charge in [-0.3, -0.25) is 32.1 Å². The largest absolute Gasteiger partial charge is 0.394 e. The van der Waals surface area contributed by atoms with Crippen LogP contribution >= 0.6 is 0 Å². The van der Waals surface area contributed by atoms with Crippen molar-refractivity contribution in [3.8, 4) is 0 Å². The van der Waals surface area contributed by atoms with Crippen molar-refractivity contribution in [2.24, 2.45) is 0 Å². The van der Waals surface area contributed by atoms with Crippen LogP contribution in [0.2, 0.25) is 0 Å². The summed E-state index contributed by atoms with van der Waals surface area (Å²) in [6.07, 6.45) is -5.24. The van der Waals surface area contributed by atoms with Gasteiger partial charge in [0.05, 0.1) is 6.61 Å². The second-order valence-corrected chi connectivity index (χ2v) is 7.49. The van der Waals surface area contributed by atoms with Crippen LogP contribution < -0.4 is 5.32 Å². The Bertz CT molecular complexity index is 709. The maximum atomic E-state index is 10.7. The molecule has 184 valence electrons. The second kappa shape index (κ2) is 14.0. The first-order valence-corrected chi connectivity index (χ1v) is 10.8. The van der Waals surface area contributed by atoms with Crippen LogP contribution in [-0.2, 0) is 40.7 Å². The van der Waals surface area contributed by atoms with E-state index in [9.17, 15) is 20.1 Å². The lowest BCUT2D eigenvalue weighted by Gasteiger charge is -2.40. The minimum Gasteiger partial charge on any atom is -0.394 e. The van der Waals surface area contributed by atoms with E-state index in [2.05, 4.69) is 5.32 Å². The van der Waals surface area contributed by atoms with E-state index in [0.717, 1.165) is 0 Å². The van der Waals surface area contributed by atoms with E-state index in [1.807, 2.05) is 0 Å². The number of amides is 1. The van der Waals surface area contributed by atoms with Gasteiger partial charge in [-0.2, -0.15) is 25.3 Å².